The first-order chi connectivity index (χ1) is 9.78. The van der Waals surface area contributed by atoms with E-state index in [0.29, 0.717) is 0 Å². The molecule has 0 aliphatic carbocycles. The molecule has 0 saturated carbocycles. The maximum absolute atomic E-state index is 5.54. The first-order valence-electron chi connectivity index (χ1n) is 7.58. The Morgan fingerprint density at radius 1 is 1.20 bits per heavy atom. The van der Waals surface area contributed by atoms with Crippen LogP contribution in [-0.2, 0) is 6.42 Å². The lowest BCUT2D eigenvalue weighted by molar-refractivity contribution is 0.312. The average Bonchev–Trinajstić information content (AvgIpc) is 2.97. The maximum atomic E-state index is 5.54. The standard InChI is InChI=1S/C14H19N3O.C2H6/c1-3-11-10-13-12(4-9-18-13)14(15-11)17-7-5-16(2)6-8-17;1-2/h4,9-10H,3,5-8H2,1-2H3;1-2H3. The molecular weight excluding hydrogens is 250 g/mol. The lowest BCUT2D eigenvalue weighted by atomic mass is 10.2. The minimum atomic E-state index is 0.942. The van der Waals surface area contributed by atoms with Crippen molar-refractivity contribution in [2.45, 2.75) is 27.2 Å². The summed E-state index contributed by atoms with van der Waals surface area (Å²) < 4.78 is 5.54. The molecule has 3 heterocycles. The monoisotopic (exact) mass is 275 g/mol. The molecule has 4 nitrogen and oxygen atoms in total. The normalized spacial score (nSPS) is 16.1. The van der Waals surface area contributed by atoms with Gasteiger partial charge in [0.05, 0.1) is 11.6 Å². The van der Waals surface area contributed by atoms with E-state index in [1.807, 2.05) is 19.9 Å². The van der Waals surface area contributed by atoms with Crippen molar-refractivity contribution in [3.63, 3.8) is 0 Å². The second-order valence-electron chi connectivity index (χ2n) is 4.91. The third kappa shape index (κ3) is 2.96. The van der Waals surface area contributed by atoms with Crippen LogP contribution in [0.2, 0.25) is 0 Å². The first-order valence-corrected chi connectivity index (χ1v) is 7.58. The van der Waals surface area contributed by atoms with Crippen LogP contribution < -0.4 is 4.90 Å². The van der Waals surface area contributed by atoms with Crippen molar-refractivity contribution in [2.75, 3.05) is 38.1 Å². The van der Waals surface area contributed by atoms with Crippen molar-refractivity contribution in [1.82, 2.24) is 9.88 Å². The number of hydrogen-bond acceptors (Lipinski definition) is 4. The fourth-order valence-electron chi connectivity index (χ4n) is 2.44. The topological polar surface area (TPSA) is 32.5 Å². The SMILES string of the molecule is CC.CCc1cc2occc2c(N2CCN(C)CC2)n1. The minimum absolute atomic E-state index is 0.942. The molecule has 4 heteroatoms. The summed E-state index contributed by atoms with van der Waals surface area (Å²) in [5, 5.41) is 1.14. The van der Waals surface area contributed by atoms with Gasteiger partial charge >= 0.3 is 0 Å². The van der Waals surface area contributed by atoms with E-state index in [4.69, 9.17) is 9.40 Å². The van der Waals surface area contributed by atoms with Gasteiger partial charge in [0.1, 0.15) is 11.4 Å². The molecule has 0 atom stereocenters. The Labute approximate surface area is 121 Å². The lowest BCUT2D eigenvalue weighted by Crippen LogP contribution is -2.44. The van der Waals surface area contributed by atoms with Gasteiger partial charge < -0.3 is 14.2 Å². The molecule has 2 aromatic rings. The number of nitrogens with zero attached hydrogens (tertiary/aromatic N) is 3. The van der Waals surface area contributed by atoms with Gasteiger partial charge in [-0.05, 0) is 19.5 Å². The molecule has 2 aromatic heterocycles. The Morgan fingerprint density at radius 3 is 2.55 bits per heavy atom. The fourth-order valence-corrected chi connectivity index (χ4v) is 2.44. The molecule has 1 aliphatic heterocycles. The predicted molar refractivity (Wildman–Crippen MR) is 84.4 cm³/mol. The summed E-state index contributed by atoms with van der Waals surface area (Å²) in [6.07, 6.45) is 2.70. The molecule has 3 rings (SSSR count). The number of rotatable bonds is 2. The van der Waals surface area contributed by atoms with Crippen molar-refractivity contribution in [3.8, 4) is 0 Å². The maximum Gasteiger partial charge on any atom is 0.140 e. The molecule has 1 aliphatic rings. The number of aryl methyl sites for hydroxylation is 1. The summed E-state index contributed by atoms with van der Waals surface area (Å²) in [5.74, 6) is 1.09. The molecule has 0 bridgehead atoms. The number of pyridine rings is 1. The third-order valence-corrected chi connectivity index (χ3v) is 3.65. The zero-order chi connectivity index (χ0) is 14.5. The smallest absolute Gasteiger partial charge is 0.140 e. The summed E-state index contributed by atoms with van der Waals surface area (Å²) in [5.41, 5.74) is 2.06. The van der Waals surface area contributed by atoms with E-state index in [0.717, 1.165) is 55.1 Å². The highest BCUT2D eigenvalue weighted by atomic mass is 16.3. The summed E-state index contributed by atoms with van der Waals surface area (Å²) in [6.45, 7) is 10.4. The summed E-state index contributed by atoms with van der Waals surface area (Å²) in [7, 11) is 2.17. The fraction of sp³-hybridized carbons (Fsp3) is 0.562. The van der Waals surface area contributed by atoms with E-state index >= 15 is 0 Å². The van der Waals surface area contributed by atoms with E-state index in [-0.39, 0.29) is 0 Å². The van der Waals surface area contributed by atoms with Gasteiger partial charge in [-0.2, -0.15) is 0 Å². The minimum Gasteiger partial charge on any atom is -0.464 e. The number of fused-ring (bicyclic) bond motifs is 1. The average molecular weight is 275 g/mol. The van der Waals surface area contributed by atoms with Crippen LogP contribution in [0.25, 0.3) is 11.0 Å². The lowest BCUT2D eigenvalue weighted by Gasteiger charge is -2.33. The van der Waals surface area contributed by atoms with Crippen LogP contribution in [0.1, 0.15) is 26.5 Å². The highest BCUT2D eigenvalue weighted by molar-refractivity contribution is 5.89. The molecule has 0 radical (unpaired) electrons. The van der Waals surface area contributed by atoms with Gasteiger partial charge in [0.15, 0.2) is 0 Å². The largest absolute Gasteiger partial charge is 0.464 e. The van der Waals surface area contributed by atoms with Crippen LogP contribution in [0.15, 0.2) is 22.8 Å². The molecule has 0 aromatic carbocycles. The zero-order valence-electron chi connectivity index (χ0n) is 13.0. The number of furan rings is 1. The zero-order valence-corrected chi connectivity index (χ0v) is 13.0. The Morgan fingerprint density at radius 2 is 1.90 bits per heavy atom. The van der Waals surface area contributed by atoms with Crippen LogP contribution in [-0.4, -0.2) is 43.1 Å². The summed E-state index contributed by atoms with van der Waals surface area (Å²) in [6, 6.07) is 4.07. The van der Waals surface area contributed by atoms with Crippen molar-refractivity contribution in [3.05, 3.63) is 24.1 Å². The predicted octanol–water partition coefficient (Wildman–Crippen LogP) is 3.17. The molecule has 0 N–H and O–H groups in total. The number of piperazine rings is 1. The quantitative estimate of drug-likeness (QED) is 0.842. The van der Waals surface area contributed by atoms with Crippen LogP contribution in [0.5, 0.6) is 0 Å². The van der Waals surface area contributed by atoms with Gasteiger partial charge in [0.25, 0.3) is 0 Å². The number of anilines is 1. The molecule has 20 heavy (non-hydrogen) atoms. The Bertz CT molecular complexity index is 542. The number of likely N-dealkylation sites (N-methyl/N-ethyl adjacent to an activating group) is 1. The van der Waals surface area contributed by atoms with Gasteiger partial charge in [0, 0.05) is 37.9 Å². The van der Waals surface area contributed by atoms with Crippen molar-refractivity contribution < 1.29 is 4.42 Å². The molecule has 1 saturated heterocycles. The van der Waals surface area contributed by atoms with Crippen molar-refractivity contribution in [2.24, 2.45) is 0 Å². The summed E-state index contributed by atoms with van der Waals surface area (Å²) >= 11 is 0. The van der Waals surface area contributed by atoms with E-state index in [1.165, 1.54) is 0 Å². The van der Waals surface area contributed by atoms with Crippen molar-refractivity contribution in [1.29, 1.82) is 0 Å². The van der Waals surface area contributed by atoms with Gasteiger partial charge in [0.2, 0.25) is 0 Å². The molecular formula is C16H25N3O. The van der Waals surface area contributed by atoms with Crippen LogP contribution in [0, 0.1) is 0 Å². The molecule has 110 valence electrons. The first kappa shape index (κ1) is 14.9. The molecule has 0 unspecified atom stereocenters. The van der Waals surface area contributed by atoms with Gasteiger partial charge in [-0.15, -0.1) is 0 Å². The van der Waals surface area contributed by atoms with E-state index in [9.17, 15) is 0 Å². The van der Waals surface area contributed by atoms with Crippen LogP contribution >= 0.6 is 0 Å². The van der Waals surface area contributed by atoms with E-state index < -0.39 is 0 Å². The Kier molecular flexibility index (Phi) is 5.01. The van der Waals surface area contributed by atoms with E-state index in [1.54, 1.807) is 6.26 Å². The highest BCUT2D eigenvalue weighted by Crippen LogP contribution is 2.27. The number of hydrogen-bond donors (Lipinski definition) is 0. The van der Waals surface area contributed by atoms with E-state index in [2.05, 4.69) is 29.8 Å². The van der Waals surface area contributed by atoms with Crippen LogP contribution in [0.3, 0.4) is 0 Å². The number of aromatic nitrogens is 1. The second-order valence-corrected chi connectivity index (χ2v) is 4.91. The molecule has 0 spiro atoms. The third-order valence-electron chi connectivity index (χ3n) is 3.65. The second kappa shape index (κ2) is 6.75. The van der Waals surface area contributed by atoms with Gasteiger partial charge in [-0.25, -0.2) is 4.98 Å². The Hall–Kier alpha value is -1.55. The highest BCUT2D eigenvalue weighted by Gasteiger charge is 2.19. The summed E-state index contributed by atoms with van der Waals surface area (Å²) in [4.78, 5) is 9.51. The van der Waals surface area contributed by atoms with Gasteiger partial charge in [-0.1, -0.05) is 20.8 Å². The Balaban J connectivity index is 0.000000704. The molecule has 0 amide bonds. The van der Waals surface area contributed by atoms with Crippen LogP contribution in [0.4, 0.5) is 5.82 Å². The molecule has 1 fully saturated rings. The van der Waals surface area contributed by atoms with Gasteiger partial charge in [-0.3, -0.25) is 0 Å². The van der Waals surface area contributed by atoms with Crippen molar-refractivity contribution >= 4 is 16.8 Å².